The van der Waals surface area contributed by atoms with Gasteiger partial charge in [0.25, 0.3) is 0 Å². The summed E-state index contributed by atoms with van der Waals surface area (Å²) in [5, 5.41) is 0. The van der Waals surface area contributed by atoms with E-state index in [9.17, 15) is 0 Å². The molecule has 0 unspecified atom stereocenters. The molecule has 0 saturated carbocycles. The first kappa shape index (κ1) is 5.64. The molecule has 0 aliphatic carbocycles. The van der Waals surface area contributed by atoms with Gasteiger partial charge in [-0.25, -0.2) is 29.9 Å². The van der Waals surface area contributed by atoms with Gasteiger partial charge in [0.15, 0.2) is 0 Å². The van der Waals surface area contributed by atoms with Crippen LogP contribution in [0.4, 0.5) is 11.6 Å². The van der Waals surface area contributed by atoms with Gasteiger partial charge < -0.3 is 0 Å². The number of nitrogens with zero attached hydrogens (tertiary/aromatic N) is 6. The number of fused-ring (bicyclic) bond motifs is 2. The van der Waals surface area contributed by atoms with Crippen molar-refractivity contribution < 1.29 is 0 Å². The molecule has 1 aromatic heterocycles. The van der Waals surface area contributed by atoms with E-state index in [0.29, 0.717) is 22.6 Å². The minimum atomic E-state index is 0.517. The smallest absolute Gasteiger partial charge is 0.201 e. The fourth-order valence-corrected chi connectivity index (χ4v) is 1.02. The lowest BCUT2D eigenvalue weighted by Gasteiger charge is -1.87. The van der Waals surface area contributed by atoms with Crippen LogP contribution in [0.2, 0.25) is 0 Å². The van der Waals surface area contributed by atoms with Crippen molar-refractivity contribution in [2.75, 3.05) is 0 Å². The first-order chi connectivity index (χ1) is 5.93. The summed E-state index contributed by atoms with van der Waals surface area (Å²) in [6.07, 6.45) is 2.84. The summed E-state index contributed by atoms with van der Waals surface area (Å²) in [7, 11) is 0. The van der Waals surface area contributed by atoms with Gasteiger partial charge in [0.1, 0.15) is 12.7 Å². The van der Waals surface area contributed by atoms with E-state index in [1.165, 1.54) is 12.7 Å². The second-order valence-corrected chi connectivity index (χ2v) is 2.27. The Bertz CT molecular complexity index is 476. The highest BCUT2D eigenvalue weighted by Gasteiger charge is 2.09. The molecule has 0 N–H and O–H groups in total. The van der Waals surface area contributed by atoms with Gasteiger partial charge in [-0.2, -0.15) is 0 Å². The molecule has 2 aliphatic heterocycles. The second-order valence-electron chi connectivity index (χ2n) is 2.27. The van der Waals surface area contributed by atoms with Crippen LogP contribution in [0.25, 0.3) is 0 Å². The Hall–Kier alpha value is -1.98. The maximum absolute atomic E-state index is 4.09. The van der Waals surface area contributed by atoms with Crippen LogP contribution in [0.15, 0.2) is 20.0 Å². The molecular formula is C6H2N6. The van der Waals surface area contributed by atoms with Crippen molar-refractivity contribution in [3.05, 3.63) is 11.0 Å². The number of hydrogen-bond donors (Lipinski definition) is 0. The molecule has 0 amide bonds. The molecular weight excluding hydrogens is 156 g/mol. The van der Waals surface area contributed by atoms with Gasteiger partial charge in [-0.3, -0.25) is 0 Å². The van der Waals surface area contributed by atoms with E-state index in [1.807, 2.05) is 0 Å². The highest BCUT2D eigenvalue weighted by molar-refractivity contribution is 5.67. The van der Waals surface area contributed by atoms with E-state index in [2.05, 4.69) is 29.9 Å². The van der Waals surface area contributed by atoms with Crippen molar-refractivity contribution in [3.8, 4) is 0 Å². The largest absolute Gasteiger partial charge is 0.213 e. The van der Waals surface area contributed by atoms with E-state index in [4.69, 9.17) is 0 Å². The van der Waals surface area contributed by atoms with Crippen LogP contribution in [0, 0.1) is 0 Å². The van der Waals surface area contributed by atoms with E-state index >= 15 is 0 Å². The van der Waals surface area contributed by atoms with Crippen molar-refractivity contribution >= 4 is 24.3 Å². The number of aliphatic imine (C=N–C) groups is 2. The lowest BCUT2D eigenvalue weighted by atomic mass is 10.6. The fourth-order valence-electron chi connectivity index (χ4n) is 1.02. The zero-order chi connectivity index (χ0) is 7.97. The maximum atomic E-state index is 4.09. The topological polar surface area (TPSA) is 75.2 Å². The predicted octanol–water partition coefficient (Wildman–Crippen LogP) is -0.937. The lowest BCUT2D eigenvalue weighted by molar-refractivity contribution is 1.05. The molecule has 6 nitrogen and oxygen atoms in total. The highest BCUT2D eigenvalue weighted by atomic mass is 15.1. The molecule has 0 bridgehead atoms. The van der Waals surface area contributed by atoms with E-state index in [1.54, 1.807) is 0 Å². The third-order valence-corrected chi connectivity index (χ3v) is 1.54. The van der Waals surface area contributed by atoms with Gasteiger partial charge in [0.2, 0.25) is 22.6 Å². The summed E-state index contributed by atoms with van der Waals surface area (Å²) >= 11 is 0. The third-order valence-electron chi connectivity index (χ3n) is 1.54. The van der Waals surface area contributed by atoms with Gasteiger partial charge >= 0.3 is 0 Å². The summed E-state index contributed by atoms with van der Waals surface area (Å²) in [5.41, 5.74) is 1.03. The monoisotopic (exact) mass is 158 g/mol. The van der Waals surface area contributed by atoms with Crippen LogP contribution < -0.4 is 11.0 Å². The normalized spacial score (nSPS) is 15.3. The van der Waals surface area contributed by atoms with Crippen molar-refractivity contribution in [2.24, 2.45) is 20.0 Å². The van der Waals surface area contributed by atoms with Crippen molar-refractivity contribution in [3.63, 3.8) is 0 Å². The summed E-state index contributed by atoms with van der Waals surface area (Å²) in [5.74, 6) is 1.03. The molecule has 0 saturated heterocycles. The molecule has 0 spiro atoms. The Morgan fingerprint density at radius 1 is 0.750 bits per heavy atom. The quantitative estimate of drug-likeness (QED) is 0.488. The fraction of sp³-hybridized carbons (Fsp3) is 0. The molecule has 12 heavy (non-hydrogen) atoms. The number of hydrogen-bond acceptors (Lipinski definition) is 6. The zero-order valence-corrected chi connectivity index (χ0v) is 5.84. The minimum Gasteiger partial charge on any atom is -0.213 e. The average Bonchev–Trinajstić information content (AvgIpc) is 2.64. The zero-order valence-electron chi connectivity index (χ0n) is 5.84. The van der Waals surface area contributed by atoms with Crippen LogP contribution in [-0.2, 0) is 0 Å². The summed E-state index contributed by atoms with van der Waals surface area (Å²) in [6.45, 7) is 0. The molecule has 3 heterocycles. The Morgan fingerprint density at radius 2 is 1.25 bits per heavy atom. The Labute approximate surface area is 66.2 Å². The van der Waals surface area contributed by atoms with E-state index < -0.39 is 0 Å². The molecule has 0 aromatic carbocycles. The number of rotatable bonds is 0. The van der Waals surface area contributed by atoms with E-state index in [-0.39, 0.29) is 0 Å². The summed E-state index contributed by atoms with van der Waals surface area (Å²) < 4.78 is 0. The van der Waals surface area contributed by atoms with Crippen LogP contribution in [0.3, 0.4) is 0 Å². The first-order valence-electron chi connectivity index (χ1n) is 3.32. The molecule has 3 rings (SSSR count). The van der Waals surface area contributed by atoms with Gasteiger partial charge in [0.05, 0.1) is 0 Å². The number of aromatic nitrogens is 2. The molecule has 0 radical (unpaired) electrons. The van der Waals surface area contributed by atoms with Crippen LogP contribution >= 0.6 is 0 Å². The highest BCUT2D eigenvalue weighted by Crippen LogP contribution is 2.04. The van der Waals surface area contributed by atoms with Crippen LogP contribution in [0.5, 0.6) is 0 Å². The molecule has 6 heteroatoms. The summed E-state index contributed by atoms with van der Waals surface area (Å²) in [4.78, 5) is 23.8. The van der Waals surface area contributed by atoms with E-state index in [0.717, 1.165) is 0 Å². The third kappa shape index (κ3) is 0.584. The SMILES string of the molecule is C1=Nc2nc3c(nc2=N1)N=CN=3. The minimum absolute atomic E-state index is 0.517. The molecule has 1 aromatic rings. The molecule has 56 valence electrons. The Kier molecular flexibility index (Phi) is 0.840. The Morgan fingerprint density at radius 3 is 1.75 bits per heavy atom. The summed E-state index contributed by atoms with van der Waals surface area (Å²) in [6, 6.07) is 0. The van der Waals surface area contributed by atoms with Gasteiger partial charge in [-0.1, -0.05) is 0 Å². The average molecular weight is 158 g/mol. The molecule has 2 aliphatic rings. The molecule has 0 atom stereocenters. The lowest BCUT2D eigenvalue weighted by Crippen LogP contribution is -2.16. The van der Waals surface area contributed by atoms with Crippen LogP contribution in [-0.4, -0.2) is 22.6 Å². The van der Waals surface area contributed by atoms with Crippen molar-refractivity contribution in [1.82, 2.24) is 9.97 Å². The van der Waals surface area contributed by atoms with Gasteiger partial charge in [0, 0.05) is 0 Å². The standard InChI is InChI=1S/C6H2N6/c1-7-3-4(8-1)12-6-5(11-3)9-2-10-6/h1-2H. The maximum Gasteiger partial charge on any atom is 0.201 e. The van der Waals surface area contributed by atoms with Crippen LogP contribution in [0.1, 0.15) is 0 Å². The first-order valence-corrected chi connectivity index (χ1v) is 3.32. The predicted molar refractivity (Wildman–Crippen MR) is 40.6 cm³/mol. The van der Waals surface area contributed by atoms with Gasteiger partial charge in [-0.05, 0) is 0 Å². The van der Waals surface area contributed by atoms with Crippen molar-refractivity contribution in [1.29, 1.82) is 0 Å². The Balaban J connectivity index is 2.50. The van der Waals surface area contributed by atoms with Gasteiger partial charge in [-0.15, -0.1) is 0 Å². The molecule has 0 fully saturated rings. The van der Waals surface area contributed by atoms with Crippen molar-refractivity contribution in [2.45, 2.75) is 0 Å². The second kappa shape index (κ2) is 1.79.